The fourth-order valence-corrected chi connectivity index (χ4v) is 2.94. The number of aliphatic hydroxyl groups excluding tert-OH is 5. The Morgan fingerprint density at radius 3 is 2.32 bits per heavy atom. The van der Waals surface area contributed by atoms with E-state index >= 15 is 0 Å². The predicted octanol–water partition coefficient (Wildman–Crippen LogP) is -1.51. The number of ketones is 1. The van der Waals surface area contributed by atoms with E-state index in [2.05, 4.69) is 0 Å². The van der Waals surface area contributed by atoms with Crippen molar-refractivity contribution in [2.75, 3.05) is 6.61 Å². The van der Waals surface area contributed by atoms with Gasteiger partial charge in [-0.05, 0) is 37.2 Å². The summed E-state index contributed by atoms with van der Waals surface area (Å²) in [5.41, 5.74) is 1.60. The largest absolute Gasteiger partial charge is 0.394 e. The Bertz CT molecular complexity index is 391. The molecule has 0 spiro atoms. The third-order valence-electron chi connectivity index (χ3n) is 4.13. The highest BCUT2D eigenvalue weighted by Crippen LogP contribution is 2.44. The van der Waals surface area contributed by atoms with E-state index in [1.807, 2.05) is 0 Å². The molecule has 0 aliphatic heterocycles. The minimum Gasteiger partial charge on any atom is -0.394 e. The summed E-state index contributed by atoms with van der Waals surface area (Å²) in [6.45, 7) is -0.755. The van der Waals surface area contributed by atoms with Gasteiger partial charge in [0, 0.05) is 0 Å². The normalized spacial score (nSPS) is 28.4. The third-order valence-corrected chi connectivity index (χ3v) is 4.13. The Kier molecular flexibility index (Phi) is 4.37. The average Bonchev–Trinajstić information content (AvgIpc) is 3.05. The first kappa shape index (κ1) is 14.6. The van der Waals surface area contributed by atoms with Gasteiger partial charge in [-0.3, -0.25) is 4.79 Å². The van der Waals surface area contributed by atoms with E-state index in [1.165, 1.54) is 0 Å². The van der Waals surface area contributed by atoms with Crippen LogP contribution in [0.1, 0.15) is 25.7 Å². The first-order chi connectivity index (χ1) is 8.95. The van der Waals surface area contributed by atoms with E-state index in [0.29, 0.717) is 17.9 Å². The molecule has 6 heteroatoms. The smallest absolute Gasteiger partial charge is 0.190 e. The summed E-state index contributed by atoms with van der Waals surface area (Å²) < 4.78 is 0. The van der Waals surface area contributed by atoms with Crippen molar-refractivity contribution in [2.45, 2.75) is 50.1 Å². The molecule has 1 unspecified atom stereocenters. The van der Waals surface area contributed by atoms with E-state index in [4.69, 9.17) is 5.11 Å². The molecule has 0 aromatic rings. The highest BCUT2D eigenvalue weighted by atomic mass is 16.4. The molecule has 5 N–H and O–H groups in total. The molecule has 5 atom stereocenters. The highest BCUT2D eigenvalue weighted by Gasteiger charge is 2.40. The standard InChI is InChI=1S/C13H20O6/c14-5-9(15)11(17)13(19)12(18)10(16)8-4-6-1-2-7(8)3-6/h6,9,11-15,17-19H,1-5H2/t6?,9-,11-,12-,13+/m1/s1. The van der Waals surface area contributed by atoms with E-state index in [0.717, 1.165) is 24.8 Å². The molecule has 0 saturated heterocycles. The second-order valence-electron chi connectivity index (χ2n) is 5.44. The zero-order valence-electron chi connectivity index (χ0n) is 10.6. The van der Waals surface area contributed by atoms with Gasteiger partial charge >= 0.3 is 0 Å². The van der Waals surface area contributed by atoms with Crippen LogP contribution in [0.5, 0.6) is 0 Å². The molecule has 0 heterocycles. The van der Waals surface area contributed by atoms with Gasteiger partial charge in [0.05, 0.1) is 6.61 Å². The number of aliphatic hydroxyl groups is 5. The summed E-state index contributed by atoms with van der Waals surface area (Å²) in [5.74, 6) is -0.111. The lowest BCUT2D eigenvalue weighted by molar-refractivity contribution is -0.143. The Balaban J connectivity index is 2.03. The van der Waals surface area contributed by atoms with Crippen LogP contribution >= 0.6 is 0 Å². The van der Waals surface area contributed by atoms with Crippen molar-refractivity contribution in [3.05, 3.63) is 11.1 Å². The number of rotatable bonds is 6. The zero-order valence-corrected chi connectivity index (χ0v) is 10.6. The lowest BCUT2D eigenvalue weighted by atomic mass is 9.90. The van der Waals surface area contributed by atoms with Crippen molar-refractivity contribution < 1.29 is 30.3 Å². The predicted molar refractivity (Wildman–Crippen MR) is 65.1 cm³/mol. The van der Waals surface area contributed by atoms with Crippen LogP contribution in [0, 0.1) is 5.92 Å². The molecule has 0 amide bonds. The van der Waals surface area contributed by atoms with Crippen LogP contribution in [0.15, 0.2) is 11.1 Å². The van der Waals surface area contributed by atoms with Crippen LogP contribution in [0.25, 0.3) is 0 Å². The summed E-state index contributed by atoms with van der Waals surface area (Å²) in [6.07, 6.45) is -3.49. The molecule has 0 aromatic heterocycles. The Morgan fingerprint density at radius 1 is 1.16 bits per heavy atom. The Hall–Kier alpha value is -0.790. The summed E-state index contributed by atoms with van der Waals surface area (Å²) in [6, 6.07) is 0. The van der Waals surface area contributed by atoms with Crippen LogP contribution in [-0.4, -0.2) is 62.3 Å². The SMILES string of the molecule is O=C(C1=C2CCC(C2)C1)[C@@H](O)[C@@H](O)[C@H](O)[C@H](O)CO. The number of carbonyl (C=O) groups is 1. The lowest BCUT2D eigenvalue weighted by Crippen LogP contribution is -2.49. The molecule has 19 heavy (non-hydrogen) atoms. The Morgan fingerprint density at radius 2 is 1.84 bits per heavy atom. The minimum atomic E-state index is -1.80. The third kappa shape index (κ3) is 2.73. The van der Waals surface area contributed by atoms with Crippen molar-refractivity contribution in [1.29, 1.82) is 0 Å². The minimum absolute atomic E-state index is 0.464. The fraction of sp³-hybridized carbons (Fsp3) is 0.769. The second kappa shape index (κ2) is 5.68. The number of hydrogen-bond donors (Lipinski definition) is 5. The maximum atomic E-state index is 12.1. The summed E-state index contributed by atoms with van der Waals surface area (Å²) in [5, 5.41) is 46.8. The van der Waals surface area contributed by atoms with E-state index in [1.54, 1.807) is 0 Å². The maximum absolute atomic E-state index is 12.1. The molecular formula is C13H20O6. The van der Waals surface area contributed by atoms with Gasteiger partial charge in [0.2, 0.25) is 0 Å². The van der Waals surface area contributed by atoms with Gasteiger partial charge in [-0.25, -0.2) is 0 Å². The molecule has 2 rings (SSSR count). The second-order valence-corrected chi connectivity index (χ2v) is 5.44. The summed E-state index contributed by atoms with van der Waals surface area (Å²) in [4.78, 5) is 12.1. The molecule has 2 aliphatic rings. The molecule has 6 nitrogen and oxygen atoms in total. The van der Waals surface area contributed by atoms with Crippen LogP contribution in [-0.2, 0) is 4.79 Å². The van der Waals surface area contributed by atoms with Gasteiger partial charge in [0.1, 0.15) is 24.4 Å². The van der Waals surface area contributed by atoms with Crippen molar-refractivity contribution in [3.8, 4) is 0 Å². The molecule has 108 valence electrons. The molecular weight excluding hydrogens is 252 g/mol. The number of allylic oxidation sites excluding steroid dienone is 1. The van der Waals surface area contributed by atoms with Crippen LogP contribution in [0.2, 0.25) is 0 Å². The molecule has 1 saturated carbocycles. The van der Waals surface area contributed by atoms with Crippen LogP contribution in [0.3, 0.4) is 0 Å². The summed E-state index contributed by atoms with van der Waals surface area (Å²) in [7, 11) is 0. The molecule has 2 aliphatic carbocycles. The van der Waals surface area contributed by atoms with Crippen molar-refractivity contribution in [2.24, 2.45) is 5.92 Å². The first-order valence-electron chi connectivity index (χ1n) is 6.54. The number of hydrogen-bond acceptors (Lipinski definition) is 6. The van der Waals surface area contributed by atoms with Gasteiger partial charge in [-0.15, -0.1) is 0 Å². The number of carbonyl (C=O) groups excluding carboxylic acids is 1. The van der Waals surface area contributed by atoms with E-state index in [9.17, 15) is 25.2 Å². The van der Waals surface area contributed by atoms with E-state index < -0.39 is 36.8 Å². The van der Waals surface area contributed by atoms with Gasteiger partial charge < -0.3 is 25.5 Å². The number of Topliss-reactive ketones (excluding diaryl/α,β-unsaturated/α-hetero) is 1. The maximum Gasteiger partial charge on any atom is 0.190 e. The van der Waals surface area contributed by atoms with Gasteiger partial charge in [0.15, 0.2) is 5.78 Å². The lowest BCUT2D eigenvalue weighted by Gasteiger charge is -2.25. The summed E-state index contributed by atoms with van der Waals surface area (Å²) >= 11 is 0. The quantitative estimate of drug-likeness (QED) is 0.401. The monoisotopic (exact) mass is 272 g/mol. The topological polar surface area (TPSA) is 118 Å². The van der Waals surface area contributed by atoms with Gasteiger partial charge in [-0.1, -0.05) is 5.57 Å². The zero-order chi connectivity index (χ0) is 14.2. The average molecular weight is 272 g/mol. The van der Waals surface area contributed by atoms with Gasteiger partial charge in [0.25, 0.3) is 0 Å². The van der Waals surface area contributed by atoms with Crippen molar-refractivity contribution in [1.82, 2.24) is 0 Å². The van der Waals surface area contributed by atoms with Gasteiger partial charge in [-0.2, -0.15) is 0 Å². The molecule has 2 bridgehead atoms. The van der Waals surface area contributed by atoms with Crippen molar-refractivity contribution in [3.63, 3.8) is 0 Å². The molecule has 0 radical (unpaired) electrons. The van der Waals surface area contributed by atoms with Crippen LogP contribution in [0.4, 0.5) is 0 Å². The fourth-order valence-electron chi connectivity index (χ4n) is 2.94. The van der Waals surface area contributed by atoms with Crippen molar-refractivity contribution >= 4 is 5.78 Å². The Labute approximate surface area is 111 Å². The first-order valence-corrected chi connectivity index (χ1v) is 6.54. The highest BCUT2D eigenvalue weighted by molar-refractivity contribution is 6.00. The molecule has 1 fully saturated rings. The molecule has 0 aromatic carbocycles. The van der Waals surface area contributed by atoms with Crippen LogP contribution < -0.4 is 0 Å². The van der Waals surface area contributed by atoms with E-state index in [-0.39, 0.29) is 0 Å². The number of fused-ring (bicyclic) bond motifs is 2.